The molecular formula is C29H35NO6. The van der Waals surface area contributed by atoms with E-state index >= 15 is 0 Å². The highest BCUT2D eigenvalue weighted by Crippen LogP contribution is 2.19. The Morgan fingerprint density at radius 1 is 0.722 bits per heavy atom. The van der Waals surface area contributed by atoms with E-state index in [1.165, 1.54) is 7.11 Å². The summed E-state index contributed by atoms with van der Waals surface area (Å²) >= 11 is 0. The van der Waals surface area contributed by atoms with Gasteiger partial charge in [-0.15, -0.1) is 0 Å². The molecule has 3 atom stereocenters. The Labute approximate surface area is 213 Å². The van der Waals surface area contributed by atoms with Crippen LogP contribution in [0.3, 0.4) is 0 Å². The van der Waals surface area contributed by atoms with E-state index < -0.39 is 18.3 Å². The zero-order chi connectivity index (χ0) is 25.6. The Morgan fingerprint density at radius 2 is 1.19 bits per heavy atom. The van der Waals surface area contributed by atoms with Gasteiger partial charge in [0.25, 0.3) is 5.91 Å². The van der Waals surface area contributed by atoms with E-state index in [0.717, 1.165) is 21.8 Å². The van der Waals surface area contributed by atoms with Gasteiger partial charge in [0.15, 0.2) is 6.10 Å². The fraction of sp³-hybridized carbons (Fsp3) is 0.345. The quantitative estimate of drug-likeness (QED) is 0.292. The van der Waals surface area contributed by atoms with Gasteiger partial charge in [-0.1, -0.05) is 91.0 Å². The highest BCUT2D eigenvalue weighted by molar-refractivity contribution is 5.80. The lowest BCUT2D eigenvalue weighted by molar-refractivity contribution is -0.203. The van der Waals surface area contributed by atoms with Crippen molar-refractivity contribution in [2.75, 3.05) is 27.9 Å². The molecule has 3 aromatic carbocycles. The van der Waals surface area contributed by atoms with Crippen molar-refractivity contribution in [2.45, 2.75) is 38.1 Å². The van der Waals surface area contributed by atoms with Crippen molar-refractivity contribution in [2.24, 2.45) is 0 Å². The number of carbonyl (C=O) groups excluding carboxylic acids is 1. The molecule has 0 spiro atoms. The van der Waals surface area contributed by atoms with Crippen LogP contribution in [-0.2, 0) is 48.4 Å². The molecule has 36 heavy (non-hydrogen) atoms. The largest absolute Gasteiger partial charge is 0.376 e. The Hall–Kier alpha value is -3.07. The minimum Gasteiger partial charge on any atom is -0.376 e. The summed E-state index contributed by atoms with van der Waals surface area (Å²) in [6, 6.07) is 29.3. The van der Waals surface area contributed by atoms with Gasteiger partial charge in [0.05, 0.1) is 33.5 Å². The number of nitrogens with zero attached hydrogens (tertiary/aromatic N) is 1. The van der Waals surface area contributed by atoms with Crippen LogP contribution in [0.4, 0.5) is 0 Å². The molecule has 192 valence electrons. The van der Waals surface area contributed by atoms with E-state index in [1.54, 1.807) is 14.2 Å². The van der Waals surface area contributed by atoms with E-state index in [-0.39, 0.29) is 25.7 Å². The fourth-order valence-corrected chi connectivity index (χ4v) is 3.66. The summed E-state index contributed by atoms with van der Waals surface area (Å²) in [6.45, 7) is 1.12. The lowest BCUT2D eigenvalue weighted by atomic mass is 10.1. The first-order chi connectivity index (χ1) is 17.6. The molecule has 3 aromatic rings. The van der Waals surface area contributed by atoms with E-state index in [1.807, 2.05) is 91.0 Å². The molecule has 7 nitrogen and oxygen atoms in total. The molecule has 0 aliphatic rings. The van der Waals surface area contributed by atoms with Crippen LogP contribution in [0, 0.1) is 0 Å². The number of rotatable bonds is 15. The van der Waals surface area contributed by atoms with E-state index in [9.17, 15) is 4.79 Å². The maximum absolute atomic E-state index is 13.4. The number of hydrogen-bond donors (Lipinski definition) is 0. The zero-order valence-electron chi connectivity index (χ0n) is 21.1. The second kappa shape index (κ2) is 15.1. The van der Waals surface area contributed by atoms with Crippen molar-refractivity contribution >= 4 is 5.91 Å². The number of ether oxygens (including phenoxy) is 4. The van der Waals surface area contributed by atoms with Crippen molar-refractivity contribution in [1.29, 1.82) is 0 Å². The summed E-state index contributed by atoms with van der Waals surface area (Å²) in [5.74, 6) is -0.378. The molecule has 0 radical (unpaired) electrons. The van der Waals surface area contributed by atoms with Crippen molar-refractivity contribution < 1.29 is 28.6 Å². The summed E-state index contributed by atoms with van der Waals surface area (Å²) in [5.41, 5.74) is 2.95. The number of amides is 1. The van der Waals surface area contributed by atoms with Crippen molar-refractivity contribution in [1.82, 2.24) is 5.06 Å². The minimum atomic E-state index is -0.996. The normalized spacial score (nSPS) is 13.6. The van der Waals surface area contributed by atoms with Crippen LogP contribution in [-0.4, -0.2) is 57.2 Å². The van der Waals surface area contributed by atoms with Gasteiger partial charge in [-0.3, -0.25) is 9.63 Å². The molecule has 0 aliphatic heterocycles. The third-order valence-corrected chi connectivity index (χ3v) is 5.75. The molecule has 7 heteroatoms. The smallest absolute Gasteiger partial charge is 0.277 e. The second-order valence-electron chi connectivity index (χ2n) is 8.27. The van der Waals surface area contributed by atoms with Crippen LogP contribution in [0.1, 0.15) is 16.7 Å². The van der Waals surface area contributed by atoms with Gasteiger partial charge in [-0.2, -0.15) is 0 Å². The number of hydrogen-bond acceptors (Lipinski definition) is 6. The number of likely N-dealkylation sites (N-methyl/N-ethyl adjacent to an activating group) is 1. The first-order valence-corrected chi connectivity index (χ1v) is 11.9. The molecule has 3 rings (SSSR count). The molecule has 0 aromatic heterocycles. The van der Waals surface area contributed by atoms with E-state index in [4.69, 9.17) is 23.8 Å². The fourth-order valence-electron chi connectivity index (χ4n) is 3.66. The third-order valence-electron chi connectivity index (χ3n) is 5.75. The van der Waals surface area contributed by atoms with Crippen molar-refractivity contribution in [3.05, 3.63) is 108 Å². The monoisotopic (exact) mass is 493 g/mol. The molecule has 0 saturated carbocycles. The molecule has 0 fully saturated rings. The zero-order valence-corrected chi connectivity index (χ0v) is 21.1. The van der Waals surface area contributed by atoms with Gasteiger partial charge in [-0.25, -0.2) is 5.06 Å². The minimum absolute atomic E-state index is 0.208. The lowest BCUT2D eigenvalue weighted by Gasteiger charge is -2.33. The summed E-state index contributed by atoms with van der Waals surface area (Å²) in [7, 11) is 4.56. The molecule has 0 aliphatic carbocycles. The summed E-state index contributed by atoms with van der Waals surface area (Å²) in [6.07, 6.45) is -2.34. The number of carbonyl (C=O) groups is 1. The van der Waals surface area contributed by atoms with Crippen LogP contribution in [0.15, 0.2) is 91.0 Å². The molecule has 0 bridgehead atoms. The van der Waals surface area contributed by atoms with Crippen LogP contribution >= 0.6 is 0 Å². The van der Waals surface area contributed by atoms with Crippen LogP contribution < -0.4 is 0 Å². The van der Waals surface area contributed by atoms with E-state index in [0.29, 0.717) is 6.61 Å². The Kier molecular flexibility index (Phi) is 11.6. The van der Waals surface area contributed by atoms with Gasteiger partial charge in [0, 0.05) is 14.2 Å². The first kappa shape index (κ1) is 27.5. The molecule has 0 heterocycles. The molecular weight excluding hydrogens is 458 g/mol. The van der Waals surface area contributed by atoms with Crippen molar-refractivity contribution in [3.63, 3.8) is 0 Å². The van der Waals surface area contributed by atoms with Gasteiger partial charge in [-0.05, 0) is 16.7 Å². The number of hydroxylamine groups is 2. The predicted octanol–water partition coefficient (Wildman–Crippen LogP) is 4.41. The average molecular weight is 494 g/mol. The van der Waals surface area contributed by atoms with Gasteiger partial charge in [0.2, 0.25) is 0 Å². The Bertz CT molecular complexity index is 1000. The van der Waals surface area contributed by atoms with Gasteiger partial charge < -0.3 is 18.9 Å². The van der Waals surface area contributed by atoms with Crippen LogP contribution in [0.25, 0.3) is 0 Å². The summed E-state index contributed by atoms with van der Waals surface area (Å²) < 4.78 is 24.3. The van der Waals surface area contributed by atoms with E-state index in [2.05, 4.69) is 0 Å². The van der Waals surface area contributed by atoms with Crippen molar-refractivity contribution in [3.8, 4) is 0 Å². The predicted molar refractivity (Wildman–Crippen MR) is 137 cm³/mol. The SMILES string of the molecule is CO[C@H](COCc1ccccc1)[C@@H](OCc1ccccc1)[C@@H](OCc1ccccc1)C(=O)N(C)OC. The van der Waals surface area contributed by atoms with Crippen LogP contribution in [0.5, 0.6) is 0 Å². The topological polar surface area (TPSA) is 66.5 Å². The first-order valence-electron chi connectivity index (χ1n) is 11.9. The maximum atomic E-state index is 13.4. The van der Waals surface area contributed by atoms with Crippen LogP contribution in [0.2, 0.25) is 0 Å². The molecule has 0 saturated heterocycles. The van der Waals surface area contributed by atoms with Gasteiger partial charge >= 0.3 is 0 Å². The Balaban J connectivity index is 1.81. The maximum Gasteiger partial charge on any atom is 0.277 e. The average Bonchev–Trinajstić information content (AvgIpc) is 2.94. The summed E-state index contributed by atoms with van der Waals surface area (Å²) in [4.78, 5) is 18.5. The summed E-state index contributed by atoms with van der Waals surface area (Å²) in [5, 5.41) is 1.14. The molecule has 0 unspecified atom stereocenters. The molecule has 1 amide bonds. The third kappa shape index (κ3) is 8.55. The highest BCUT2D eigenvalue weighted by Gasteiger charge is 2.39. The number of methoxy groups -OCH3 is 1. The highest BCUT2D eigenvalue weighted by atomic mass is 16.7. The lowest BCUT2D eigenvalue weighted by Crippen LogP contribution is -2.52. The second-order valence-corrected chi connectivity index (χ2v) is 8.27. The standard InChI is InChI=1S/C29H35NO6/c1-30(33-3)29(31)28(36-21-25-17-11-6-12-18-25)27(35-20-24-15-9-5-10-16-24)26(32-2)22-34-19-23-13-7-4-8-14-23/h4-18,26-28H,19-22H2,1-3H3/t26-,27-,28-/m1/s1. The number of benzene rings is 3. The Morgan fingerprint density at radius 3 is 1.67 bits per heavy atom. The van der Waals surface area contributed by atoms with Gasteiger partial charge in [0.1, 0.15) is 12.2 Å². The molecule has 0 N–H and O–H groups in total.